The Hall–Kier alpha value is -1.54. The number of aryl methyl sites for hydroxylation is 1. The second-order valence-corrected chi connectivity index (χ2v) is 6.79. The minimum Gasteiger partial charge on any atom is -0.455 e. The molecule has 0 spiro atoms. The van der Waals surface area contributed by atoms with E-state index < -0.39 is 20.5 Å². The summed E-state index contributed by atoms with van der Waals surface area (Å²) in [5.41, 5.74) is 0.799. The highest BCUT2D eigenvalue weighted by atomic mass is 79.9. The van der Waals surface area contributed by atoms with Crippen LogP contribution in [0.25, 0.3) is 0 Å². The molecule has 0 aliphatic carbocycles. The minimum absolute atomic E-state index is 0.314. The molecule has 0 N–H and O–H groups in total. The first kappa shape index (κ1) is 15.8. The molecular formula is C13H10BrF2NO3S. The fourth-order valence-electron chi connectivity index (χ4n) is 1.52. The zero-order valence-corrected chi connectivity index (χ0v) is 13.2. The summed E-state index contributed by atoms with van der Waals surface area (Å²) in [4.78, 5) is 3.69. The molecule has 0 amide bonds. The molecule has 0 saturated carbocycles. The summed E-state index contributed by atoms with van der Waals surface area (Å²) in [5, 5.41) is 0. The van der Waals surface area contributed by atoms with Gasteiger partial charge in [-0.25, -0.2) is 13.4 Å². The van der Waals surface area contributed by atoms with Gasteiger partial charge in [-0.3, -0.25) is 0 Å². The zero-order valence-electron chi connectivity index (χ0n) is 10.8. The normalized spacial score (nSPS) is 11.7. The zero-order chi connectivity index (χ0) is 15.6. The van der Waals surface area contributed by atoms with Crippen LogP contribution in [0, 0.1) is 6.92 Å². The number of rotatable bonds is 4. The van der Waals surface area contributed by atoms with Crippen LogP contribution in [0.1, 0.15) is 5.69 Å². The third-order valence-electron chi connectivity index (χ3n) is 2.57. The Labute approximate surface area is 128 Å². The van der Waals surface area contributed by atoms with E-state index in [2.05, 4.69) is 20.9 Å². The van der Waals surface area contributed by atoms with Crippen LogP contribution >= 0.6 is 15.9 Å². The summed E-state index contributed by atoms with van der Waals surface area (Å²) < 4.78 is 53.4. The minimum atomic E-state index is -4.59. The van der Waals surface area contributed by atoms with Crippen molar-refractivity contribution in [2.24, 2.45) is 0 Å². The molecule has 0 unspecified atom stereocenters. The van der Waals surface area contributed by atoms with Gasteiger partial charge in [-0.1, -0.05) is 0 Å². The lowest BCUT2D eigenvalue weighted by atomic mass is 10.3. The molecule has 2 aromatic rings. The molecule has 0 radical (unpaired) electrons. The van der Waals surface area contributed by atoms with Crippen molar-refractivity contribution in [2.75, 3.05) is 0 Å². The molecule has 0 bridgehead atoms. The molecule has 0 saturated heterocycles. The number of alkyl halides is 2. The van der Waals surface area contributed by atoms with Crippen molar-refractivity contribution in [3.05, 3.63) is 46.7 Å². The van der Waals surface area contributed by atoms with Crippen LogP contribution in [0.4, 0.5) is 8.78 Å². The lowest BCUT2D eigenvalue weighted by molar-refractivity contribution is 0.234. The molecule has 0 fully saturated rings. The first-order chi connectivity index (χ1) is 9.80. The molecule has 0 aliphatic rings. The molecule has 2 rings (SSSR count). The van der Waals surface area contributed by atoms with E-state index in [1.54, 1.807) is 12.1 Å². The van der Waals surface area contributed by atoms with Gasteiger partial charge in [0.05, 0.1) is 4.90 Å². The number of pyridine rings is 1. The van der Waals surface area contributed by atoms with Crippen LogP contribution < -0.4 is 4.74 Å². The van der Waals surface area contributed by atoms with E-state index in [0.29, 0.717) is 16.1 Å². The number of aromatic nitrogens is 1. The van der Waals surface area contributed by atoms with Crippen molar-refractivity contribution in [1.29, 1.82) is 0 Å². The van der Waals surface area contributed by atoms with E-state index in [1.165, 1.54) is 12.1 Å². The lowest BCUT2D eigenvalue weighted by Gasteiger charge is -2.08. The second kappa shape index (κ2) is 6.07. The van der Waals surface area contributed by atoms with Crippen molar-refractivity contribution in [2.45, 2.75) is 17.6 Å². The van der Waals surface area contributed by atoms with E-state index in [4.69, 9.17) is 4.74 Å². The van der Waals surface area contributed by atoms with Crippen LogP contribution in [0.15, 0.2) is 45.9 Å². The van der Waals surface area contributed by atoms with Crippen LogP contribution in [0.2, 0.25) is 0 Å². The Morgan fingerprint density at radius 3 is 2.29 bits per heavy atom. The van der Waals surface area contributed by atoms with E-state index in [1.807, 2.05) is 6.92 Å². The summed E-state index contributed by atoms with van der Waals surface area (Å²) >= 11 is 3.24. The maximum Gasteiger partial charge on any atom is 0.341 e. The van der Waals surface area contributed by atoms with Gasteiger partial charge in [0.15, 0.2) is 5.75 Å². The Bertz CT molecular complexity index is 749. The monoisotopic (exact) mass is 377 g/mol. The number of hydrogen-bond acceptors (Lipinski definition) is 4. The first-order valence-electron chi connectivity index (χ1n) is 5.74. The number of halogens is 3. The Kier molecular flexibility index (Phi) is 4.58. The van der Waals surface area contributed by atoms with Gasteiger partial charge in [0.2, 0.25) is 9.84 Å². The van der Waals surface area contributed by atoms with Gasteiger partial charge in [0, 0.05) is 5.69 Å². The smallest absolute Gasteiger partial charge is 0.341 e. The Balaban J connectivity index is 2.24. The summed E-state index contributed by atoms with van der Waals surface area (Å²) in [5.74, 6) is -2.70. The van der Waals surface area contributed by atoms with Crippen LogP contribution in [0.3, 0.4) is 0 Å². The summed E-state index contributed by atoms with van der Waals surface area (Å²) in [7, 11) is -4.59. The third kappa shape index (κ3) is 3.56. The van der Waals surface area contributed by atoms with Crippen molar-refractivity contribution in [3.63, 3.8) is 0 Å². The van der Waals surface area contributed by atoms with E-state index in [-0.39, 0.29) is 0 Å². The van der Waals surface area contributed by atoms with Gasteiger partial charge in [-0.05, 0) is 59.3 Å². The highest BCUT2D eigenvalue weighted by Crippen LogP contribution is 2.29. The van der Waals surface area contributed by atoms with Gasteiger partial charge < -0.3 is 4.74 Å². The van der Waals surface area contributed by atoms with Crippen LogP contribution in [-0.2, 0) is 9.84 Å². The van der Waals surface area contributed by atoms with Gasteiger partial charge in [0.1, 0.15) is 10.4 Å². The second-order valence-electron chi connectivity index (χ2n) is 4.12. The van der Waals surface area contributed by atoms with Crippen LogP contribution in [0.5, 0.6) is 11.5 Å². The predicted molar refractivity (Wildman–Crippen MR) is 76.4 cm³/mol. The average Bonchev–Trinajstić information content (AvgIpc) is 2.42. The van der Waals surface area contributed by atoms with Crippen molar-refractivity contribution < 1.29 is 21.9 Å². The molecule has 8 heteroatoms. The number of hydrogen-bond donors (Lipinski definition) is 0. The average molecular weight is 378 g/mol. The quantitative estimate of drug-likeness (QED) is 0.757. The molecule has 4 nitrogen and oxygen atoms in total. The highest BCUT2D eigenvalue weighted by molar-refractivity contribution is 9.10. The van der Waals surface area contributed by atoms with Crippen molar-refractivity contribution >= 4 is 25.8 Å². The van der Waals surface area contributed by atoms with Gasteiger partial charge in [-0.2, -0.15) is 8.78 Å². The summed E-state index contributed by atoms with van der Waals surface area (Å²) in [6.07, 6.45) is 0. The number of benzene rings is 1. The van der Waals surface area contributed by atoms with Crippen molar-refractivity contribution in [3.8, 4) is 11.5 Å². The van der Waals surface area contributed by atoms with E-state index >= 15 is 0 Å². The number of ether oxygens (including phenoxy) is 1. The standard InChI is InChI=1S/C13H10BrF2NO3S/c1-8-2-7-11(12(14)17-8)20-9-3-5-10(6-4-9)21(18,19)13(15)16/h2-7,13H,1H3. The van der Waals surface area contributed by atoms with E-state index in [0.717, 1.165) is 17.8 Å². The molecule has 0 atom stereocenters. The molecule has 21 heavy (non-hydrogen) atoms. The fraction of sp³-hybridized carbons (Fsp3) is 0.154. The molecule has 112 valence electrons. The van der Waals surface area contributed by atoms with Crippen molar-refractivity contribution in [1.82, 2.24) is 4.98 Å². The first-order valence-corrected chi connectivity index (χ1v) is 8.08. The fourth-order valence-corrected chi connectivity index (χ4v) is 2.73. The number of sulfone groups is 1. The summed E-state index contributed by atoms with van der Waals surface area (Å²) in [6.45, 7) is 1.82. The topological polar surface area (TPSA) is 56.3 Å². The Morgan fingerprint density at radius 1 is 1.14 bits per heavy atom. The maximum atomic E-state index is 12.4. The lowest BCUT2D eigenvalue weighted by Crippen LogP contribution is -2.11. The van der Waals surface area contributed by atoms with Gasteiger partial charge in [0.25, 0.3) is 0 Å². The number of nitrogens with zero attached hydrogens (tertiary/aromatic N) is 1. The summed E-state index contributed by atoms with van der Waals surface area (Å²) in [6, 6.07) is 8.20. The van der Waals surface area contributed by atoms with Crippen LogP contribution in [-0.4, -0.2) is 19.2 Å². The SMILES string of the molecule is Cc1ccc(Oc2ccc(S(=O)(=O)C(F)F)cc2)c(Br)n1. The Morgan fingerprint density at radius 2 is 1.76 bits per heavy atom. The molecule has 1 aromatic carbocycles. The predicted octanol–water partition coefficient (Wildman–Crippen LogP) is 3.94. The van der Waals surface area contributed by atoms with Gasteiger partial charge in [-0.15, -0.1) is 0 Å². The highest BCUT2D eigenvalue weighted by Gasteiger charge is 2.26. The molecule has 1 heterocycles. The largest absolute Gasteiger partial charge is 0.455 e. The maximum absolute atomic E-state index is 12.4. The van der Waals surface area contributed by atoms with E-state index in [9.17, 15) is 17.2 Å². The third-order valence-corrected chi connectivity index (χ3v) is 4.53. The molecule has 1 aromatic heterocycles. The molecule has 0 aliphatic heterocycles. The van der Waals surface area contributed by atoms with Gasteiger partial charge >= 0.3 is 5.76 Å². The molecular weight excluding hydrogens is 368 g/mol.